The van der Waals surface area contributed by atoms with Crippen LogP contribution in [0.1, 0.15) is 47.0 Å². The molecule has 0 aromatic heterocycles. The number of aliphatic hydroxyl groups excluding tert-OH is 2. The first-order valence-electron chi connectivity index (χ1n) is 8.07. The molecule has 0 aromatic carbocycles. The maximum absolute atomic E-state index is 11.3. The van der Waals surface area contributed by atoms with Crippen molar-refractivity contribution in [3.63, 3.8) is 0 Å². The van der Waals surface area contributed by atoms with Crippen LogP contribution in [0.4, 0.5) is 0 Å². The smallest absolute Gasteiger partial charge is 0.217 e. The van der Waals surface area contributed by atoms with E-state index in [0.29, 0.717) is 30.7 Å². The Bertz CT molecular complexity index is 368. The van der Waals surface area contributed by atoms with Crippen molar-refractivity contribution in [2.24, 2.45) is 11.8 Å². The zero-order valence-electron chi connectivity index (χ0n) is 13.7. The van der Waals surface area contributed by atoms with E-state index in [1.165, 1.54) is 0 Å². The monoisotopic (exact) mass is 298 g/mol. The molecule has 5 nitrogen and oxygen atoms in total. The van der Waals surface area contributed by atoms with Gasteiger partial charge in [0.1, 0.15) is 0 Å². The van der Waals surface area contributed by atoms with E-state index < -0.39 is 12.2 Å². The van der Waals surface area contributed by atoms with Crippen LogP contribution in [0.15, 0.2) is 0 Å². The van der Waals surface area contributed by atoms with Crippen molar-refractivity contribution < 1.29 is 15.0 Å². The van der Waals surface area contributed by atoms with Crippen molar-refractivity contribution >= 4 is 5.91 Å². The minimum Gasteiger partial charge on any atom is -0.390 e. The third-order valence-electron chi connectivity index (χ3n) is 5.08. The normalized spacial score (nSPS) is 35.3. The molecular weight excluding hydrogens is 268 g/mol. The van der Waals surface area contributed by atoms with Crippen molar-refractivity contribution in [1.29, 1.82) is 0 Å². The first-order valence-corrected chi connectivity index (χ1v) is 8.07. The van der Waals surface area contributed by atoms with Crippen LogP contribution in [-0.2, 0) is 4.79 Å². The maximum atomic E-state index is 11.3. The van der Waals surface area contributed by atoms with Gasteiger partial charge in [-0.25, -0.2) is 0 Å². The number of likely N-dealkylation sites (tertiary alicyclic amines) is 1. The highest BCUT2D eigenvalue weighted by Gasteiger charge is 2.42. The number of rotatable bonds is 4. The molecule has 1 aliphatic carbocycles. The van der Waals surface area contributed by atoms with Crippen molar-refractivity contribution in [3.05, 3.63) is 0 Å². The number of aliphatic hydroxyl groups is 2. The van der Waals surface area contributed by atoms with Crippen molar-refractivity contribution in [2.75, 3.05) is 13.1 Å². The number of nitrogens with one attached hydrogen (secondary N) is 1. The van der Waals surface area contributed by atoms with Crippen LogP contribution in [0.25, 0.3) is 0 Å². The molecule has 0 aromatic rings. The first kappa shape index (κ1) is 16.7. The average molecular weight is 298 g/mol. The zero-order valence-corrected chi connectivity index (χ0v) is 13.7. The second-order valence-electron chi connectivity index (χ2n) is 7.70. The molecule has 21 heavy (non-hydrogen) atoms. The zero-order chi connectivity index (χ0) is 15.8. The predicted molar refractivity (Wildman–Crippen MR) is 81.8 cm³/mol. The van der Waals surface area contributed by atoms with Crippen LogP contribution in [-0.4, -0.2) is 57.9 Å². The fourth-order valence-electron chi connectivity index (χ4n) is 4.20. The Labute approximate surface area is 127 Å². The highest BCUT2D eigenvalue weighted by atomic mass is 16.3. The van der Waals surface area contributed by atoms with Gasteiger partial charge in [0.15, 0.2) is 0 Å². The number of carbonyl (C=O) groups is 1. The van der Waals surface area contributed by atoms with Crippen LogP contribution in [0.2, 0.25) is 0 Å². The van der Waals surface area contributed by atoms with Gasteiger partial charge in [0.25, 0.3) is 0 Å². The van der Waals surface area contributed by atoms with Gasteiger partial charge in [-0.1, -0.05) is 0 Å². The Morgan fingerprint density at radius 2 is 1.71 bits per heavy atom. The number of hydrogen-bond acceptors (Lipinski definition) is 4. The lowest BCUT2D eigenvalue weighted by molar-refractivity contribution is -0.120. The van der Waals surface area contributed by atoms with E-state index in [2.05, 4.69) is 31.0 Å². The SMILES string of the molecule is CC(=O)NC(C)(C)CC(C)N1C[C@H]2C[C@H](O)[C@H](O)C[C@H]2C1. The third kappa shape index (κ3) is 4.18. The summed E-state index contributed by atoms with van der Waals surface area (Å²) in [4.78, 5) is 13.7. The van der Waals surface area contributed by atoms with E-state index in [1.54, 1.807) is 6.92 Å². The molecule has 1 heterocycles. The first-order chi connectivity index (χ1) is 9.68. The molecule has 5 heteroatoms. The Hall–Kier alpha value is -0.650. The van der Waals surface area contributed by atoms with Gasteiger partial charge in [-0.2, -0.15) is 0 Å². The average Bonchev–Trinajstić information content (AvgIpc) is 2.70. The number of nitrogens with zero attached hydrogens (tertiary/aromatic N) is 1. The predicted octanol–water partition coefficient (Wildman–Crippen LogP) is 0.743. The van der Waals surface area contributed by atoms with Gasteiger partial charge < -0.3 is 15.5 Å². The molecule has 1 saturated heterocycles. The van der Waals surface area contributed by atoms with Crippen LogP contribution in [0.3, 0.4) is 0 Å². The second kappa shape index (κ2) is 6.23. The van der Waals surface area contributed by atoms with E-state index >= 15 is 0 Å². The molecule has 1 aliphatic heterocycles. The minimum absolute atomic E-state index is 0.00790. The second-order valence-corrected chi connectivity index (χ2v) is 7.70. The molecule has 0 radical (unpaired) electrons. The van der Waals surface area contributed by atoms with E-state index in [-0.39, 0.29) is 11.4 Å². The molecule has 1 unspecified atom stereocenters. The Kier molecular flexibility index (Phi) is 4.96. The van der Waals surface area contributed by atoms with Gasteiger partial charge >= 0.3 is 0 Å². The number of hydrogen-bond donors (Lipinski definition) is 3. The van der Waals surface area contributed by atoms with Gasteiger partial charge in [0.05, 0.1) is 12.2 Å². The van der Waals surface area contributed by atoms with E-state index in [4.69, 9.17) is 0 Å². The summed E-state index contributed by atoms with van der Waals surface area (Å²) in [7, 11) is 0. The molecule has 2 aliphatic rings. The topological polar surface area (TPSA) is 72.8 Å². The summed E-state index contributed by atoms with van der Waals surface area (Å²) >= 11 is 0. The standard InChI is InChI=1S/C16H30N2O3/c1-10(7-16(3,4)17-11(2)19)18-8-12-5-14(20)15(21)6-13(12)9-18/h10,12-15,20-21H,5-9H2,1-4H3,(H,17,19)/t10?,12-,13+,14+,15-. The quantitative estimate of drug-likeness (QED) is 0.716. The van der Waals surface area contributed by atoms with Crippen LogP contribution < -0.4 is 5.32 Å². The van der Waals surface area contributed by atoms with E-state index in [1.807, 2.05) is 0 Å². The van der Waals surface area contributed by atoms with Crippen LogP contribution in [0.5, 0.6) is 0 Å². The van der Waals surface area contributed by atoms with Crippen LogP contribution in [0, 0.1) is 11.8 Å². The van der Waals surface area contributed by atoms with Gasteiger partial charge in [0.2, 0.25) is 5.91 Å². The highest BCUT2D eigenvalue weighted by Crippen LogP contribution is 2.38. The largest absolute Gasteiger partial charge is 0.390 e. The molecule has 2 rings (SSSR count). The molecule has 0 bridgehead atoms. The molecular formula is C16H30N2O3. The highest BCUT2D eigenvalue weighted by molar-refractivity contribution is 5.73. The Morgan fingerprint density at radius 1 is 1.24 bits per heavy atom. The third-order valence-corrected chi connectivity index (χ3v) is 5.08. The summed E-state index contributed by atoms with van der Waals surface area (Å²) in [6.45, 7) is 9.86. The van der Waals surface area contributed by atoms with Gasteiger partial charge in [-0.05, 0) is 51.9 Å². The fourth-order valence-corrected chi connectivity index (χ4v) is 4.20. The minimum atomic E-state index is -0.558. The molecule has 0 spiro atoms. The Balaban J connectivity index is 1.90. The lowest BCUT2D eigenvalue weighted by atomic mass is 9.79. The summed E-state index contributed by atoms with van der Waals surface area (Å²) in [6, 6.07) is 0.381. The molecule has 5 atom stereocenters. The van der Waals surface area contributed by atoms with Crippen molar-refractivity contribution in [1.82, 2.24) is 10.2 Å². The summed E-state index contributed by atoms with van der Waals surface area (Å²) in [5.74, 6) is 0.998. The number of carbonyl (C=O) groups excluding carboxylic acids is 1. The Morgan fingerprint density at radius 3 is 2.14 bits per heavy atom. The van der Waals surface area contributed by atoms with Gasteiger partial charge in [0, 0.05) is 31.6 Å². The molecule has 122 valence electrons. The van der Waals surface area contributed by atoms with Gasteiger partial charge in [-0.3, -0.25) is 9.69 Å². The molecule has 2 fully saturated rings. The summed E-state index contributed by atoms with van der Waals surface area (Å²) in [5.41, 5.74) is -0.210. The van der Waals surface area contributed by atoms with Gasteiger partial charge in [-0.15, -0.1) is 0 Å². The number of fused-ring (bicyclic) bond motifs is 1. The maximum Gasteiger partial charge on any atom is 0.217 e. The van der Waals surface area contributed by atoms with Crippen LogP contribution >= 0.6 is 0 Å². The molecule has 3 N–H and O–H groups in total. The summed E-state index contributed by atoms with van der Waals surface area (Å²) in [6.07, 6.45) is 1.21. The lowest BCUT2D eigenvalue weighted by Crippen LogP contribution is -2.47. The molecule has 1 amide bonds. The van der Waals surface area contributed by atoms with Crippen molar-refractivity contribution in [2.45, 2.75) is 70.7 Å². The van der Waals surface area contributed by atoms with E-state index in [9.17, 15) is 15.0 Å². The summed E-state index contributed by atoms with van der Waals surface area (Å²) < 4.78 is 0. The molecule has 1 saturated carbocycles. The number of amides is 1. The van der Waals surface area contributed by atoms with Crippen molar-refractivity contribution in [3.8, 4) is 0 Å². The van der Waals surface area contributed by atoms with E-state index in [0.717, 1.165) is 19.5 Å². The fraction of sp³-hybridized carbons (Fsp3) is 0.938. The summed E-state index contributed by atoms with van der Waals surface area (Å²) in [5, 5.41) is 22.6. The lowest BCUT2D eigenvalue weighted by Gasteiger charge is -2.33.